The van der Waals surface area contributed by atoms with Crippen molar-refractivity contribution in [2.75, 3.05) is 6.54 Å². The summed E-state index contributed by atoms with van der Waals surface area (Å²) in [5.74, 6) is -0.796. The van der Waals surface area contributed by atoms with E-state index in [1.807, 2.05) is 24.4 Å². The third kappa shape index (κ3) is 3.40. The molecule has 0 radical (unpaired) electrons. The number of rotatable bonds is 5. The fourth-order valence-electron chi connectivity index (χ4n) is 4.47. The zero-order chi connectivity index (χ0) is 20.7. The molecule has 0 saturated carbocycles. The standard InChI is InChI=1S/C21H24N6O3/c28-19-4-3-17(20(29)25-19)26-12-14-7-13(1-2-16(14)21(26)30)8-23-9-15-10-24-27-6-5-22-11-18(15)27/h1-2,7,10,17,22-23H,3-6,8-9,11-12H2,(H,25,28,29). The summed E-state index contributed by atoms with van der Waals surface area (Å²) in [6.07, 6.45) is 2.57. The topological polar surface area (TPSA) is 108 Å². The van der Waals surface area contributed by atoms with Crippen LogP contribution in [0.1, 0.15) is 45.6 Å². The molecule has 2 aromatic rings. The molecule has 1 atom stereocenters. The average Bonchev–Trinajstić information content (AvgIpc) is 3.29. The quantitative estimate of drug-likeness (QED) is 0.603. The maximum atomic E-state index is 12.8. The summed E-state index contributed by atoms with van der Waals surface area (Å²) in [5, 5.41) is 13.6. The average molecular weight is 408 g/mol. The number of hydrogen-bond donors (Lipinski definition) is 3. The first-order valence-corrected chi connectivity index (χ1v) is 10.3. The smallest absolute Gasteiger partial charge is 0.255 e. The summed E-state index contributed by atoms with van der Waals surface area (Å²) in [4.78, 5) is 37.9. The van der Waals surface area contributed by atoms with Crippen LogP contribution in [0.2, 0.25) is 0 Å². The maximum absolute atomic E-state index is 12.8. The fraction of sp³-hybridized carbons (Fsp3) is 0.429. The van der Waals surface area contributed by atoms with E-state index in [2.05, 4.69) is 25.7 Å². The normalized spacial score (nSPS) is 20.9. The van der Waals surface area contributed by atoms with Crippen molar-refractivity contribution in [3.8, 4) is 0 Å². The molecule has 30 heavy (non-hydrogen) atoms. The molecule has 1 aromatic carbocycles. The molecule has 9 nitrogen and oxygen atoms in total. The Kier molecular flexibility index (Phi) is 4.84. The van der Waals surface area contributed by atoms with Gasteiger partial charge in [0, 0.05) is 50.3 Å². The van der Waals surface area contributed by atoms with Crippen molar-refractivity contribution in [3.63, 3.8) is 0 Å². The highest BCUT2D eigenvalue weighted by atomic mass is 16.2. The minimum atomic E-state index is -0.577. The van der Waals surface area contributed by atoms with Crippen molar-refractivity contribution in [1.82, 2.24) is 30.6 Å². The number of carbonyl (C=O) groups excluding carboxylic acids is 3. The predicted octanol–water partition coefficient (Wildman–Crippen LogP) is 0.0371. The molecule has 1 unspecified atom stereocenters. The first kappa shape index (κ1) is 19.0. The Morgan fingerprint density at radius 3 is 2.97 bits per heavy atom. The zero-order valence-electron chi connectivity index (χ0n) is 16.6. The van der Waals surface area contributed by atoms with Gasteiger partial charge in [0.05, 0.1) is 18.4 Å². The van der Waals surface area contributed by atoms with Crippen molar-refractivity contribution < 1.29 is 14.4 Å². The van der Waals surface area contributed by atoms with Gasteiger partial charge in [0.15, 0.2) is 0 Å². The van der Waals surface area contributed by atoms with Crippen LogP contribution in [-0.2, 0) is 42.3 Å². The summed E-state index contributed by atoms with van der Waals surface area (Å²) in [6, 6.07) is 5.24. The van der Waals surface area contributed by atoms with Gasteiger partial charge in [-0.15, -0.1) is 0 Å². The van der Waals surface area contributed by atoms with Gasteiger partial charge in [-0.25, -0.2) is 0 Å². The number of nitrogens with zero attached hydrogens (tertiary/aromatic N) is 3. The third-order valence-corrected chi connectivity index (χ3v) is 6.06. The van der Waals surface area contributed by atoms with Gasteiger partial charge in [-0.05, 0) is 23.6 Å². The lowest BCUT2D eigenvalue weighted by Gasteiger charge is -2.29. The number of aromatic nitrogens is 2. The maximum Gasteiger partial charge on any atom is 0.255 e. The van der Waals surface area contributed by atoms with Crippen LogP contribution in [0.4, 0.5) is 0 Å². The summed E-state index contributed by atoms with van der Waals surface area (Å²) >= 11 is 0. The molecule has 5 rings (SSSR count). The van der Waals surface area contributed by atoms with Crippen molar-refractivity contribution in [1.29, 1.82) is 0 Å². The molecule has 0 aliphatic carbocycles. The van der Waals surface area contributed by atoms with E-state index < -0.39 is 6.04 Å². The van der Waals surface area contributed by atoms with Crippen LogP contribution in [-0.4, -0.2) is 45.0 Å². The molecule has 156 valence electrons. The van der Waals surface area contributed by atoms with Gasteiger partial charge >= 0.3 is 0 Å². The van der Waals surface area contributed by atoms with Crippen molar-refractivity contribution in [3.05, 3.63) is 52.3 Å². The summed E-state index contributed by atoms with van der Waals surface area (Å²) in [6.45, 7) is 4.50. The largest absolute Gasteiger partial charge is 0.322 e. The van der Waals surface area contributed by atoms with E-state index in [9.17, 15) is 14.4 Å². The van der Waals surface area contributed by atoms with Gasteiger partial charge in [0.2, 0.25) is 11.8 Å². The van der Waals surface area contributed by atoms with E-state index >= 15 is 0 Å². The van der Waals surface area contributed by atoms with Gasteiger partial charge in [0.1, 0.15) is 6.04 Å². The fourth-order valence-corrected chi connectivity index (χ4v) is 4.47. The van der Waals surface area contributed by atoms with E-state index in [-0.39, 0.29) is 24.1 Å². The molecule has 1 aromatic heterocycles. The number of hydrogen-bond acceptors (Lipinski definition) is 6. The third-order valence-electron chi connectivity index (χ3n) is 6.06. The highest BCUT2D eigenvalue weighted by Gasteiger charge is 2.39. The van der Waals surface area contributed by atoms with E-state index in [1.165, 1.54) is 11.3 Å². The second-order valence-electron chi connectivity index (χ2n) is 8.01. The van der Waals surface area contributed by atoms with E-state index in [4.69, 9.17) is 0 Å². The van der Waals surface area contributed by atoms with Crippen molar-refractivity contribution >= 4 is 17.7 Å². The van der Waals surface area contributed by atoms with Gasteiger partial charge in [-0.3, -0.25) is 24.4 Å². The second-order valence-corrected chi connectivity index (χ2v) is 8.01. The molecule has 1 saturated heterocycles. The molecule has 9 heteroatoms. The first-order valence-electron chi connectivity index (χ1n) is 10.3. The van der Waals surface area contributed by atoms with Gasteiger partial charge in [0.25, 0.3) is 5.91 Å². The number of imide groups is 1. The highest BCUT2D eigenvalue weighted by Crippen LogP contribution is 2.28. The molecule has 4 heterocycles. The Balaban J connectivity index is 1.23. The molecule has 0 spiro atoms. The monoisotopic (exact) mass is 408 g/mol. The lowest BCUT2D eigenvalue weighted by molar-refractivity contribution is -0.136. The minimum absolute atomic E-state index is 0.141. The summed E-state index contributed by atoms with van der Waals surface area (Å²) in [7, 11) is 0. The molecule has 3 N–H and O–H groups in total. The van der Waals surface area contributed by atoms with Crippen LogP contribution in [0.25, 0.3) is 0 Å². The Bertz CT molecular complexity index is 1030. The molecule has 1 fully saturated rings. The molecule has 0 bridgehead atoms. The van der Waals surface area contributed by atoms with Crippen LogP contribution in [0.5, 0.6) is 0 Å². The molecular weight excluding hydrogens is 384 g/mol. The highest BCUT2D eigenvalue weighted by molar-refractivity contribution is 6.05. The van der Waals surface area contributed by atoms with Crippen LogP contribution in [0, 0.1) is 0 Å². The molecule has 3 aliphatic heterocycles. The number of nitrogens with one attached hydrogen (secondary N) is 3. The Hall–Kier alpha value is -3.04. The van der Waals surface area contributed by atoms with Crippen LogP contribution in [0.15, 0.2) is 24.4 Å². The van der Waals surface area contributed by atoms with Gasteiger partial charge in [-0.2, -0.15) is 5.10 Å². The second kappa shape index (κ2) is 7.66. The number of piperidine rings is 1. The number of fused-ring (bicyclic) bond motifs is 2. The van der Waals surface area contributed by atoms with Crippen LogP contribution >= 0.6 is 0 Å². The minimum Gasteiger partial charge on any atom is -0.322 e. The summed E-state index contributed by atoms with van der Waals surface area (Å²) in [5.41, 5.74) is 5.08. The zero-order valence-corrected chi connectivity index (χ0v) is 16.6. The van der Waals surface area contributed by atoms with E-state index in [0.717, 1.165) is 37.3 Å². The lowest BCUT2D eigenvalue weighted by atomic mass is 10.0. The van der Waals surface area contributed by atoms with E-state index in [1.54, 1.807) is 4.90 Å². The Labute approximate surface area is 173 Å². The van der Waals surface area contributed by atoms with Gasteiger partial charge in [-0.1, -0.05) is 12.1 Å². The van der Waals surface area contributed by atoms with Gasteiger partial charge < -0.3 is 15.5 Å². The Morgan fingerprint density at radius 2 is 2.10 bits per heavy atom. The SMILES string of the molecule is O=C1CCC(N2Cc3cc(CNCc4cnn5c4CNCC5)ccc3C2=O)C(=O)N1. The van der Waals surface area contributed by atoms with Crippen LogP contribution in [0.3, 0.4) is 0 Å². The lowest BCUT2D eigenvalue weighted by Crippen LogP contribution is -2.52. The molecule has 3 aliphatic rings. The van der Waals surface area contributed by atoms with Crippen molar-refractivity contribution in [2.45, 2.75) is 51.6 Å². The van der Waals surface area contributed by atoms with Crippen LogP contribution < -0.4 is 16.0 Å². The van der Waals surface area contributed by atoms with Crippen molar-refractivity contribution in [2.24, 2.45) is 0 Å². The predicted molar refractivity (Wildman–Crippen MR) is 107 cm³/mol. The first-order chi connectivity index (χ1) is 14.6. The molecule has 3 amide bonds. The Morgan fingerprint density at radius 1 is 1.20 bits per heavy atom. The number of carbonyl (C=O) groups is 3. The van der Waals surface area contributed by atoms with E-state index in [0.29, 0.717) is 25.1 Å². The number of amides is 3. The summed E-state index contributed by atoms with van der Waals surface area (Å²) < 4.78 is 2.05. The molecular formula is C21H24N6O3. The number of benzene rings is 1.